The highest BCUT2D eigenvalue weighted by atomic mass is 32.2. The third kappa shape index (κ3) is 3.48. The van der Waals surface area contributed by atoms with E-state index in [-0.39, 0.29) is 0 Å². The average molecular weight is 316 g/mol. The van der Waals surface area contributed by atoms with Crippen LogP contribution in [0.5, 0.6) is 0 Å². The summed E-state index contributed by atoms with van der Waals surface area (Å²) in [4.78, 5) is 2.60. The van der Waals surface area contributed by atoms with E-state index >= 15 is 0 Å². The number of anilines is 1. The minimum absolute atomic E-state index is 0.303. The predicted octanol–water partition coefficient (Wildman–Crippen LogP) is 2.77. The van der Waals surface area contributed by atoms with Crippen molar-refractivity contribution in [1.82, 2.24) is 4.72 Å². The molecule has 1 saturated heterocycles. The molecule has 0 unspecified atom stereocenters. The van der Waals surface area contributed by atoms with E-state index in [0.717, 1.165) is 24.3 Å². The Bertz CT molecular complexity index is 706. The maximum absolute atomic E-state index is 12.3. The molecule has 3 rings (SSSR count). The van der Waals surface area contributed by atoms with Gasteiger partial charge in [-0.1, -0.05) is 30.3 Å². The van der Waals surface area contributed by atoms with Crippen LogP contribution in [0, 0.1) is 0 Å². The quantitative estimate of drug-likeness (QED) is 0.923. The number of rotatable bonds is 5. The molecule has 0 aromatic heterocycles. The van der Waals surface area contributed by atoms with Crippen molar-refractivity contribution in [2.45, 2.75) is 24.3 Å². The molecule has 1 N–H and O–H groups in total. The highest BCUT2D eigenvalue weighted by Gasteiger charge is 2.16. The summed E-state index contributed by atoms with van der Waals surface area (Å²) in [6, 6.07) is 16.7. The summed E-state index contributed by atoms with van der Waals surface area (Å²) in [5, 5.41) is 0. The van der Waals surface area contributed by atoms with Gasteiger partial charge >= 0.3 is 0 Å². The second-order valence-corrected chi connectivity index (χ2v) is 7.27. The van der Waals surface area contributed by atoms with E-state index in [0.29, 0.717) is 11.4 Å². The largest absolute Gasteiger partial charge is 0.372 e. The van der Waals surface area contributed by atoms with Crippen LogP contribution < -0.4 is 9.62 Å². The van der Waals surface area contributed by atoms with Crippen LogP contribution in [0.2, 0.25) is 0 Å². The Kier molecular flexibility index (Phi) is 4.45. The van der Waals surface area contributed by atoms with Gasteiger partial charge in [-0.2, -0.15) is 0 Å². The normalized spacial score (nSPS) is 15.2. The Morgan fingerprint density at radius 3 is 2.18 bits per heavy atom. The van der Waals surface area contributed by atoms with E-state index in [2.05, 4.69) is 9.62 Å². The van der Waals surface area contributed by atoms with Crippen molar-refractivity contribution in [1.29, 1.82) is 0 Å². The first-order valence-electron chi connectivity index (χ1n) is 7.54. The van der Waals surface area contributed by atoms with Crippen molar-refractivity contribution in [3.05, 3.63) is 60.2 Å². The third-order valence-electron chi connectivity index (χ3n) is 3.93. The Hall–Kier alpha value is -1.85. The zero-order chi connectivity index (χ0) is 15.4. The van der Waals surface area contributed by atoms with E-state index < -0.39 is 10.0 Å². The molecule has 0 aliphatic carbocycles. The van der Waals surface area contributed by atoms with Gasteiger partial charge in [-0.05, 0) is 42.7 Å². The van der Waals surface area contributed by atoms with Gasteiger partial charge in [0.15, 0.2) is 0 Å². The smallest absolute Gasteiger partial charge is 0.240 e. The summed E-state index contributed by atoms with van der Waals surface area (Å²) < 4.78 is 27.3. The van der Waals surface area contributed by atoms with Gasteiger partial charge in [-0.25, -0.2) is 13.1 Å². The standard InChI is InChI=1S/C17H20N2O2S/c20-22(21,18-14-15-6-2-1-3-7-15)17-10-8-16(9-11-17)19-12-4-5-13-19/h1-3,6-11,18H,4-5,12-14H2. The van der Waals surface area contributed by atoms with Gasteiger partial charge in [0, 0.05) is 25.3 Å². The molecule has 0 radical (unpaired) electrons. The second kappa shape index (κ2) is 6.50. The molecular weight excluding hydrogens is 296 g/mol. The SMILES string of the molecule is O=S(=O)(NCc1ccccc1)c1ccc(N2CCCC2)cc1. The van der Waals surface area contributed by atoms with Crippen LogP contribution in [0.1, 0.15) is 18.4 Å². The summed E-state index contributed by atoms with van der Waals surface area (Å²) in [6.45, 7) is 2.41. The molecule has 116 valence electrons. The van der Waals surface area contributed by atoms with Gasteiger partial charge in [0.2, 0.25) is 10.0 Å². The van der Waals surface area contributed by atoms with Crippen molar-refractivity contribution in [2.75, 3.05) is 18.0 Å². The molecule has 0 bridgehead atoms. The molecule has 0 amide bonds. The molecule has 4 nitrogen and oxygen atoms in total. The number of hydrogen-bond donors (Lipinski definition) is 1. The molecule has 0 spiro atoms. The van der Waals surface area contributed by atoms with Crippen molar-refractivity contribution in [3.63, 3.8) is 0 Å². The molecule has 1 fully saturated rings. The lowest BCUT2D eigenvalue weighted by atomic mass is 10.2. The summed E-state index contributed by atoms with van der Waals surface area (Å²) in [6.07, 6.45) is 2.41. The van der Waals surface area contributed by atoms with Crippen LogP contribution >= 0.6 is 0 Å². The summed E-state index contributed by atoms with van der Waals surface area (Å²) in [7, 11) is -3.47. The molecule has 1 aliphatic heterocycles. The lowest BCUT2D eigenvalue weighted by Gasteiger charge is -2.17. The topological polar surface area (TPSA) is 49.4 Å². The maximum Gasteiger partial charge on any atom is 0.240 e. The van der Waals surface area contributed by atoms with Gasteiger partial charge in [0.25, 0.3) is 0 Å². The Labute approximate surface area is 131 Å². The van der Waals surface area contributed by atoms with Crippen LogP contribution in [0.3, 0.4) is 0 Å². The monoisotopic (exact) mass is 316 g/mol. The van der Waals surface area contributed by atoms with E-state index in [1.54, 1.807) is 12.1 Å². The van der Waals surface area contributed by atoms with Gasteiger partial charge < -0.3 is 4.90 Å². The number of sulfonamides is 1. The summed E-state index contributed by atoms with van der Waals surface area (Å²) in [5.74, 6) is 0. The average Bonchev–Trinajstić information content (AvgIpc) is 3.09. The second-order valence-electron chi connectivity index (χ2n) is 5.50. The molecule has 1 heterocycles. The van der Waals surface area contributed by atoms with E-state index in [9.17, 15) is 8.42 Å². The minimum atomic E-state index is -3.47. The first-order chi connectivity index (χ1) is 10.6. The zero-order valence-electron chi connectivity index (χ0n) is 12.4. The molecular formula is C17H20N2O2S. The number of nitrogens with zero attached hydrogens (tertiary/aromatic N) is 1. The number of nitrogens with one attached hydrogen (secondary N) is 1. The molecule has 2 aromatic carbocycles. The van der Waals surface area contributed by atoms with E-state index in [1.165, 1.54) is 12.8 Å². The van der Waals surface area contributed by atoms with Gasteiger partial charge in [-0.3, -0.25) is 0 Å². The van der Waals surface area contributed by atoms with Crippen LogP contribution in [0.15, 0.2) is 59.5 Å². The van der Waals surface area contributed by atoms with Crippen LogP contribution in [-0.4, -0.2) is 21.5 Å². The van der Waals surface area contributed by atoms with E-state index in [4.69, 9.17) is 0 Å². The Morgan fingerprint density at radius 1 is 0.909 bits per heavy atom. The lowest BCUT2D eigenvalue weighted by molar-refractivity contribution is 0.581. The van der Waals surface area contributed by atoms with Crippen molar-refractivity contribution < 1.29 is 8.42 Å². The van der Waals surface area contributed by atoms with E-state index in [1.807, 2.05) is 42.5 Å². The fourth-order valence-corrected chi connectivity index (χ4v) is 3.69. The fraction of sp³-hybridized carbons (Fsp3) is 0.294. The van der Waals surface area contributed by atoms with Crippen LogP contribution in [0.4, 0.5) is 5.69 Å². The highest BCUT2D eigenvalue weighted by molar-refractivity contribution is 7.89. The van der Waals surface area contributed by atoms with Crippen LogP contribution in [-0.2, 0) is 16.6 Å². The molecule has 22 heavy (non-hydrogen) atoms. The molecule has 2 aromatic rings. The summed E-state index contributed by atoms with van der Waals surface area (Å²) >= 11 is 0. The highest BCUT2D eigenvalue weighted by Crippen LogP contribution is 2.22. The predicted molar refractivity (Wildman–Crippen MR) is 88.4 cm³/mol. The minimum Gasteiger partial charge on any atom is -0.372 e. The first kappa shape index (κ1) is 15.1. The fourth-order valence-electron chi connectivity index (χ4n) is 2.67. The number of hydrogen-bond acceptors (Lipinski definition) is 3. The van der Waals surface area contributed by atoms with Crippen molar-refractivity contribution in [3.8, 4) is 0 Å². The lowest BCUT2D eigenvalue weighted by Crippen LogP contribution is -2.23. The number of benzene rings is 2. The molecule has 0 saturated carbocycles. The third-order valence-corrected chi connectivity index (χ3v) is 5.34. The maximum atomic E-state index is 12.3. The molecule has 1 aliphatic rings. The van der Waals surface area contributed by atoms with Gasteiger partial charge in [0.05, 0.1) is 4.90 Å². The van der Waals surface area contributed by atoms with Gasteiger partial charge in [-0.15, -0.1) is 0 Å². The Balaban J connectivity index is 1.69. The van der Waals surface area contributed by atoms with Gasteiger partial charge in [0.1, 0.15) is 0 Å². The van der Waals surface area contributed by atoms with Crippen molar-refractivity contribution in [2.24, 2.45) is 0 Å². The molecule has 5 heteroatoms. The first-order valence-corrected chi connectivity index (χ1v) is 9.02. The molecule has 0 atom stereocenters. The van der Waals surface area contributed by atoms with Crippen molar-refractivity contribution >= 4 is 15.7 Å². The summed E-state index contributed by atoms with van der Waals surface area (Å²) in [5.41, 5.74) is 2.04. The Morgan fingerprint density at radius 2 is 1.55 bits per heavy atom. The van der Waals surface area contributed by atoms with Crippen LogP contribution in [0.25, 0.3) is 0 Å². The zero-order valence-corrected chi connectivity index (χ0v) is 13.2.